The van der Waals surface area contributed by atoms with Crippen LogP contribution in [0.25, 0.3) is 0 Å². The van der Waals surface area contributed by atoms with Crippen LogP contribution in [-0.4, -0.2) is 32.8 Å². The van der Waals surface area contributed by atoms with Crippen LogP contribution in [0.5, 0.6) is 17.2 Å². The molecule has 0 fully saturated rings. The van der Waals surface area contributed by atoms with Gasteiger partial charge in [-0.15, -0.1) is 0 Å². The normalized spacial score (nSPS) is 10.3. The molecule has 1 N–H and O–H groups in total. The molecule has 0 aliphatic heterocycles. The van der Waals surface area contributed by atoms with Crippen molar-refractivity contribution in [1.82, 2.24) is 0 Å². The molecule has 0 saturated heterocycles. The molecule has 0 spiro atoms. The molecule has 0 heterocycles. The molecule has 0 atom stereocenters. The highest BCUT2D eigenvalue weighted by atomic mass is 35.5. The summed E-state index contributed by atoms with van der Waals surface area (Å²) in [5, 5.41) is 3.45. The number of benzene rings is 3. The van der Waals surface area contributed by atoms with Gasteiger partial charge in [-0.25, -0.2) is 0 Å². The van der Waals surface area contributed by atoms with E-state index in [-0.39, 0.29) is 25.7 Å². The molecule has 166 valence electrons. The van der Waals surface area contributed by atoms with Gasteiger partial charge in [-0.3, -0.25) is 9.59 Å². The van der Waals surface area contributed by atoms with Gasteiger partial charge in [0.2, 0.25) is 12.3 Å². The SMILES string of the molecule is COCOc1ccc(N(C=O)CCC(=O)Nc2cccc(Oc3ccc(Cl)cc3)c2)cc1. The fraction of sp³-hybridized carbons (Fsp3) is 0.167. The van der Waals surface area contributed by atoms with Crippen molar-refractivity contribution in [1.29, 1.82) is 0 Å². The summed E-state index contributed by atoms with van der Waals surface area (Å²) in [6.07, 6.45) is 0.821. The van der Waals surface area contributed by atoms with Crippen molar-refractivity contribution < 1.29 is 23.8 Å². The van der Waals surface area contributed by atoms with Gasteiger partial charge in [0.1, 0.15) is 17.2 Å². The van der Waals surface area contributed by atoms with Crippen molar-refractivity contribution in [3.05, 3.63) is 77.8 Å². The maximum absolute atomic E-state index is 12.4. The number of carbonyl (C=O) groups is 2. The van der Waals surface area contributed by atoms with E-state index in [9.17, 15) is 9.59 Å². The Bertz CT molecular complexity index is 1030. The van der Waals surface area contributed by atoms with Gasteiger partial charge >= 0.3 is 0 Å². The average molecular weight is 455 g/mol. The zero-order valence-corrected chi connectivity index (χ0v) is 18.2. The Kier molecular flexibility index (Phi) is 8.48. The number of hydrogen-bond donors (Lipinski definition) is 1. The quantitative estimate of drug-likeness (QED) is 0.322. The van der Waals surface area contributed by atoms with Crippen molar-refractivity contribution >= 4 is 35.3 Å². The predicted octanol–water partition coefficient (Wildman–Crippen LogP) is 5.11. The van der Waals surface area contributed by atoms with Gasteiger partial charge in [0.05, 0.1) is 0 Å². The van der Waals surface area contributed by atoms with Gasteiger partial charge in [0.15, 0.2) is 6.79 Å². The third-order valence-corrected chi connectivity index (χ3v) is 4.64. The van der Waals surface area contributed by atoms with Gasteiger partial charge in [0.25, 0.3) is 0 Å². The lowest BCUT2D eigenvalue weighted by atomic mass is 10.2. The number of halogens is 1. The van der Waals surface area contributed by atoms with Crippen LogP contribution >= 0.6 is 11.6 Å². The number of hydrogen-bond acceptors (Lipinski definition) is 5. The fourth-order valence-corrected chi connectivity index (χ4v) is 2.95. The lowest BCUT2D eigenvalue weighted by molar-refractivity contribution is -0.116. The van der Waals surface area contributed by atoms with Crippen LogP contribution in [0, 0.1) is 0 Å². The first-order valence-electron chi connectivity index (χ1n) is 9.84. The number of carbonyl (C=O) groups excluding carboxylic acids is 2. The van der Waals surface area contributed by atoms with E-state index in [2.05, 4.69) is 5.32 Å². The molecule has 7 nitrogen and oxygen atoms in total. The first-order valence-corrected chi connectivity index (χ1v) is 10.2. The second-order valence-electron chi connectivity index (χ2n) is 6.73. The lowest BCUT2D eigenvalue weighted by Gasteiger charge is -2.18. The van der Waals surface area contributed by atoms with Gasteiger partial charge in [-0.05, 0) is 60.7 Å². The van der Waals surface area contributed by atoms with Crippen LogP contribution in [0.1, 0.15) is 6.42 Å². The Morgan fingerprint density at radius 2 is 1.72 bits per heavy atom. The van der Waals surface area contributed by atoms with E-state index in [0.717, 1.165) is 0 Å². The summed E-state index contributed by atoms with van der Waals surface area (Å²) in [5.74, 6) is 1.62. The van der Waals surface area contributed by atoms with E-state index in [0.29, 0.717) is 40.1 Å². The van der Waals surface area contributed by atoms with Crippen molar-refractivity contribution in [3.8, 4) is 17.2 Å². The van der Waals surface area contributed by atoms with Crippen molar-refractivity contribution in [3.63, 3.8) is 0 Å². The van der Waals surface area contributed by atoms with Crippen LogP contribution in [0.2, 0.25) is 5.02 Å². The summed E-state index contributed by atoms with van der Waals surface area (Å²) >= 11 is 5.89. The van der Waals surface area contributed by atoms with Gasteiger partial charge in [-0.2, -0.15) is 0 Å². The minimum absolute atomic E-state index is 0.128. The molecule has 8 heteroatoms. The van der Waals surface area contributed by atoms with E-state index >= 15 is 0 Å². The molecule has 0 unspecified atom stereocenters. The summed E-state index contributed by atoms with van der Waals surface area (Å²) in [7, 11) is 1.54. The summed E-state index contributed by atoms with van der Waals surface area (Å²) in [5.41, 5.74) is 1.26. The number of amides is 2. The highest BCUT2D eigenvalue weighted by Crippen LogP contribution is 2.25. The van der Waals surface area contributed by atoms with Crippen molar-refractivity contribution in [2.45, 2.75) is 6.42 Å². The molecular formula is C24H23ClN2O5. The summed E-state index contributed by atoms with van der Waals surface area (Å²) in [6.45, 7) is 0.372. The van der Waals surface area contributed by atoms with Crippen LogP contribution in [0.3, 0.4) is 0 Å². The second kappa shape index (κ2) is 11.7. The van der Waals surface area contributed by atoms with Crippen LogP contribution < -0.4 is 19.7 Å². The third-order valence-electron chi connectivity index (χ3n) is 4.39. The highest BCUT2D eigenvalue weighted by molar-refractivity contribution is 6.30. The van der Waals surface area contributed by atoms with E-state index in [1.54, 1.807) is 72.8 Å². The molecule has 2 amide bonds. The van der Waals surface area contributed by atoms with Crippen LogP contribution in [0.15, 0.2) is 72.8 Å². The molecule has 0 aromatic heterocycles. The topological polar surface area (TPSA) is 77.1 Å². The molecule has 0 saturated carbocycles. The fourth-order valence-electron chi connectivity index (χ4n) is 2.83. The van der Waals surface area contributed by atoms with Crippen LogP contribution in [0.4, 0.5) is 11.4 Å². The molecule has 0 aliphatic rings. The molecule has 3 rings (SSSR count). The number of rotatable bonds is 11. The Balaban J connectivity index is 1.53. The van der Waals surface area contributed by atoms with Gasteiger partial charge in [0, 0.05) is 42.5 Å². The van der Waals surface area contributed by atoms with E-state index < -0.39 is 0 Å². The van der Waals surface area contributed by atoms with Gasteiger partial charge in [-0.1, -0.05) is 17.7 Å². The number of anilines is 2. The number of nitrogens with zero attached hydrogens (tertiary/aromatic N) is 1. The largest absolute Gasteiger partial charge is 0.468 e. The molecule has 0 aliphatic carbocycles. The molecule has 0 bridgehead atoms. The molecular weight excluding hydrogens is 432 g/mol. The Hall–Kier alpha value is -3.55. The second-order valence-corrected chi connectivity index (χ2v) is 7.16. The number of nitrogens with one attached hydrogen (secondary N) is 1. The first-order chi connectivity index (χ1) is 15.6. The van der Waals surface area contributed by atoms with Crippen molar-refractivity contribution in [2.75, 3.05) is 30.7 Å². The summed E-state index contributed by atoms with van der Waals surface area (Å²) in [4.78, 5) is 25.3. The van der Waals surface area contributed by atoms with E-state index in [1.165, 1.54) is 12.0 Å². The van der Waals surface area contributed by atoms with Gasteiger partial charge < -0.3 is 24.4 Å². The minimum atomic E-state index is -0.222. The van der Waals surface area contributed by atoms with Crippen molar-refractivity contribution in [2.24, 2.45) is 0 Å². The lowest BCUT2D eigenvalue weighted by Crippen LogP contribution is -2.26. The molecule has 3 aromatic rings. The summed E-state index contributed by atoms with van der Waals surface area (Å²) in [6, 6.07) is 21.0. The third kappa shape index (κ3) is 7.01. The Morgan fingerprint density at radius 3 is 2.41 bits per heavy atom. The zero-order chi connectivity index (χ0) is 22.8. The van der Waals surface area contributed by atoms with Crippen LogP contribution in [-0.2, 0) is 14.3 Å². The number of methoxy groups -OCH3 is 1. The molecule has 32 heavy (non-hydrogen) atoms. The maximum Gasteiger partial charge on any atom is 0.226 e. The highest BCUT2D eigenvalue weighted by Gasteiger charge is 2.10. The van der Waals surface area contributed by atoms with E-state index in [4.69, 9.17) is 25.8 Å². The Morgan fingerprint density at radius 1 is 1.00 bits per heavy atom. The molecule has 0 radical (unpaired) electrons. The minimum Gasteiger partial charge on any atom is -0.468 e. The smallest absolute Gasteiger partial charge is 0.226 e. The predicted molar refractivity (Wildman–Crippen MR) is 124 cm³/mol. The zero-order valence-electron chi connectivity index (χ0n) is 17.5. The Labute approximate surface area is 191 Å². The summed E-state index contributed by atoms with van der Waals surface area (Å²) < 4.78 is 16.0. The number of ether oxygens (including phenoxy) is 3. The monoisotopic (exact) mass is 454 g/mol. The standard InChI is InChI=1S/C24H23ClN2O5/c1-30-17-31-21-11-7-20(8-12-21)27(16-28)14-13-24(29)26-19-3-2-4-23(15-19)32-22-9-5-18(25)6-10-22/h2-12,15-16H,13-14,17H2,1H3,(H,26,29). The first kappa shape index (κ1) is 23.1. The van der Waals surface area contributed by atoms with E-state index in [1.807, 2.05) is 0 Å². The molecule has 3 aromatic carbocycles. The average Bonchev–Trinajstić information content (AvgIpc) is 2.80. The maximum atomic E-state index is 12.4.